The summed E-state index contributed by atoms with van der Waals surface area (Å²) in [6, 6.07) is 11.8. The topological polar surface area (TPSA) is 98.2 Å². The first-order valence-corrected chi connectivity index (χ1v) is 8.64. The van der Waals surface area contributed by atoms with Gasteiger partial charge in [0, 0.05) is 28.3 Å². The third-order valence-electron chi connectivity index (χ3n) is 3.93. The first kappa shape index (κ1) is 23.4. The van der Waals surface area contributed by atoms with Crippen LogP contribution < -0.4 is 16.8 Å². The molecule has 5 nitrogen and oxygen atoms in total. The van der Waals surface area contributed by atoms with Crippen molar-refractivity contribution in [2.75, 3.05) is 5.73 Å². The summed E-state index contributed by atoms with van der Waals surface area (Å²) < 4.78 is 25.6. The number of alkyl halides is 2. The van der Waals surface area contributed by atoms with Gasteiger partial charge in [0.15, 0.2) is 0 Å². The maximum Gasteiger partial charge on any atom is 0.251 e. The number of hydrogen-bond acceptors (Lipinski definition) is 3. The summed E-state index contributed by atoms with van der Waals surface area (Å²) in [5, 5.41) is 2.26. The lowest BCUT2D eigenvalue weighted by molar-refractivity contribution is -0.122. The fraction of sp³-hybridized carbons (Fsp3) is 0.182. The van der Waals surface area contributed by atoms with Crippen molar-refractivity contribution >= 4 is 17.5 Å². The molecule has 0 aliphatic rings. The summed E-state index contributed by atoms with van der Waals surface area (Å²) in [5.41, 5.74) is 13.0. The van der Waals surface area contributed by atoms with Gasteiger partial charge in [-0.05, 0) is 48.5 Å². The maximum atomic E-state index is 12.8. The van der Waals surface area contributed by atoms with Crippen molar-refractivity contribution in [3.05, 3.63) is 78.4 Å². The Kier molecular flexibility index (Phi) is 9.06. The van der Waals surface area contributed by atoms with E-state index in [1.54, 1.807) is 36.4 Å². The van der Waals surface area contributed by atoms with Crippen molar-refractivity contribution < 1.29 is 18.4 Å². The van der Waals surface area contributed by atoms with Gasteiger partial charge in [0.25, 0.3) is 5.91 Å². The van der Waals surface area contributed by atoms with Crippen molar-refractivity contribution in [3.8, 4) is 11.8 Å². The number of nitrogen functional groups attached to an aromatic ring is 1. The number of primary amides is 1. The number of amides is 2. The Morgan fingerprint density at radius 1 is 0.966 bits per heavy atom. The molecule has 2 unspecified atom stereocenters. The molecule has 2 aromatic rings. The summed E-state index contributed by atoms with van der Waals surface area (Å²) in [4.78, 5) is 23.6. The van der Waals surface area contributed by atoms with Crippen LogP contribution in [0, 0.1) is 17.8 Å². The van der Waals surface area contributed by atoms with E-state index in [0.29, 0.717) is 11.3 Å². The number of carbonyl (C=O) groups is 2. The van der Waals surface area contributed by atoms with Crippen LogP contribution in [0.5, 0.6) is 0 Å². The number of rotatable bonds is 5. The van der Waals surface area contributed by atoms with Crippen molar-refractivity contribution in [2.24, 2.45) is 11.7 Å². The molecule has 0 radical (unpaired) electrons. The average molecular weight is 399 g/mol. The predicted molar refractivity (Wildman–Crippen MR) is 110 cm³/mol. The number of hydrogen-bond donors (Lipinski definition) is 3. The van der Waals surface area contributed by atoms with E-state index in [1.807, 2.05) is 0 Å². The molecule has 5 N–H and O–H groups in total. The summed E-state index contributed by atoms with van der Waals surface area (Å²) in [5.74, 6) is 2.84. The minimum Gasteiger partial charge on any atom is -0.399 e. The molecular formula is C22H23F2N3O2. The molecule has 0 aromatic heterocycles. The largest absolute Gasteiger partial charge is 0.399 e. The molecule has 0 aliphatic heterocycles. The molecule has 2 atom stereocenters. The minimum absolute atomic E-state index is 0.209. The average Bonchev–Trinajstić information content (AvgIpc) is 2.72. The van der Waals surface area contributed by atoms with Crippen LogP contribution >= 0.6 is 0 Å². The third kappa shape index (κ3) is 7.11. The van der Waals surface area contributed by atoms with Crippen molar-refractivity contribution in [1.29, 1.82) is 0 Å². The van der Waals surface area contributed by atoms with Gasteiger partial charge in [0.05, 0.1) is 0 Å². The van der Waals surface area contributed by atoms with Gasteiger partial charge in [0.2, 0.25) is 12.3 Å². The molecule has 2 aromatic carbocycles. The Morgan fingerprint density at radius 2 is 1.41 bits per heavy atom. The van der Waals surface area contributed by atoms with E-state index in [2.05, 4.69) is 30.3 Å². The van der Waals surface area contributed by atoms with Crippen LogP contribution in [-0.2, 0) is 4.79 Å². The van der Waals surface area contributed by atoms with Crippen molar-refractivity contribution in [3.63, 3.8) is 0 Å². The Hall–Kier alpha value is -3.66. The number of anilines is 1. The highest BCUT2D eigenvalue weighted by molar-refractivity contribution is 5.97. The molecular weight excluding hydrogens is 376 g/mol. The molecule has 2 rings (SSSR count). The molecule has 0 bridgehead atoms. The van der Waals surface area contributed by atoms with Gasteiger partial charge in [0.1, 0.15) is 6.04 Å². The van der Waals surface area contributed by atoms with E-state index in [1.165, 1.54) is 12.1 Å². The normalized spacial score (nSPS) is 11.9. The van der Waals surface area contributed by atoms with E-state index in [0.717, 1.165) is 12.5 Å². The number of carbonyl (C=O) groups excluding carboxylic acids is 2. The first-order chi connectivity index (χ1) is 13.8. The SMILES string of the molecule is C=C.CC(C(F)F)C(NC(=O)c1ccc(C#Cc2ccc(N)cc2)cc1)C(N)=O. The molecule has 0 saturated carbocycles. The summed E-state index contributed by atoms with van der Waals surface area (Å²) >= 11 is 0. The molecule has 0 saturated heterocycles. The van der Waals surface area contributed by atoms with Gasteiger partial charge in [-0.15, -0.1) is 13.2 Å². The summed E-state index contributed by atoms with van der Waals surface area (Å²) in [6.45, 7) is 7.15. The van der Waals surface area contributed by atoms with Gasteiger partial charge in [-0.25, -0.2) is 8.78 Å². The van der Waals surface area contributed by atoms with E-state index < -0.39 is 30.2 Å². The lowest BCUT2D eigenvalue weighted by Crippen LogP contribution is -2.50. The fourth-order valence-electron chi connectivity index (χ4n) is 2.25. The van der Waals surface area contributed by atoms with Crippen LogP contribution in [-0.4, -0.2) is 24.3 Å². The Morgan fingerprint density at radius 3 is 1.83 bits per heavy atom. The van der Waals surface area contributed by atoms with E-state index in [4.69, 9.17) is 11.5 Å². The van der Waals surface area contributed by atoms with Gasteiger partial charge in [-0.3, -0.25) is 9.59 Å². The maximum absolute atomic E-state index is 12.8. The molecule has 0 heterocycles. The van der Waals surface area contributed by atoms with Gasteiger partial charge >= 0.3 is 0 Å². The van der Waals surface area contributed by atoms with Crippen LogP contribution in [0.15, 0.2) is 61.7 Å². The first-order valence-electron chi connectivity index (χ1n) is 8.64. The fourth-order valence-corrected chi connectivity index (χ4v) is 2.25. The second-order valence-electron chi connectivity index (χ2n) is 6.00. The molecule has 0 spiro atoms. The van der Waals surface area contributed by atoms with Crippen LogP contribution in [0.3, 0.4) is 0 Å². The summed E-state index contributed by atoms with van der Waals surface area (Å²) in [6.07, 6.45) is -2.78. The van der Waals surface area contributed by atoms with E-state index in [-0.39, 0.29) is 5.56 Å². The third-order valence-corrected chi connectivity index (χ3v) is 3.93. The Labute approximate surface area is 168 Å². The Bertz CT molecular complexity index is 885. The molecule has 0 aliphatic carbocycles. The zero-order chi connectivity index (χ0) is 22.0. The quantitative estimate of drug-likeness (QED) is 0.410. The van der Waals surface area contributed by atoms with Gasteiger partial charge < -0.3 is 16.8 Å². The van der Waals surface area contributed by atoms with Crippen LogP contribution in [0.4, 0.5) is 14.5 Å². The van der Waals surface area contributed by atoms with Crippen LogP contribution in [0.25, 0.3) is 0 Å². The highest BCUT2D eigenvalue weighted by Crippen LogP contribution is 2.14. The molecule has 152 valence electrons. The predicted octanol–water partition coefficient (Wildman–Crippen LogP) is 2.96. The molecule has 2 amide bonds. The molecule has 29 heavy (non-hydrogen) atoms. The minimum atomic E-state index is -2.78. The van der Waals surface area contributed by atoms with E-state index in [9.17, 15) is 18.4 Å². The second-order valence-corrected chi connectivity index (χ2v) is 6.00. The summed E-state index contributed by atoms with van der Waals surface area (Å²) in [7, 11) is 0. The highest BCUT2D eigenvalue weighted by Gasteiger charge is 2.31. The van der Waals surface area contributed by atoms with Crippen molar-refractivity contribution in [2.45, 2.75) is 19.4 Å². The standard InChI is InChI=1S/C20H19F2N3O2.C2H4/c1-12(18(21)22)17(19(24)26)25-20(27)15-8-4-13(5-9-15)2-3-14-6-10-16(23)11-7-14;1-2/h4-12,17-18H,23H2,1H3,(H2,24,26)(H,25,27);1-2H2. The highest BCUT2D eigenvalue weighted by atomic mass is 19.3. The Balaban J connectivity index is 0.00000204. The van der Waals surface area contributed by atoms with Crippen LogP contribution in [0.2, 0.25) is 0 Å². The number of halogens is 2. The lowest BCUT2D eigenvalue weighted by Gasteiger charge is -2.21. The van der Waals surface area contributed by atoms with Crippen LogP contribution in [0.1, 0.15) is 28.4 Å². The number of benzene rings is 2. The molecule has 0 fully saturated rings. The number of nitrogens with two attached hydrogens (primary N) is 2. The van der Waals surface area contributed by atoms with Gasteiger partial charge in [-0.2, -0.15) is 0 Å². The van der Waals surface area contributed by atoms with Gasteiger partial charge in [-0.1, -0.05) is 18.8 Å². The monoisotopic (exact) mass is 399 g/mol. The van der Waals surface area contributed by atoms with E-state index >= 15 is 0 Å². The van der Waals surface area contributed by atoms with Crippen molar-refractivity contribution in [1.82, 2.24) is 5.32 Å². The number of nitrogens with one attached hydrogen (secondary N) is 1. The lowest BCUT2D eigenvalue weighted by atomic mass is 10.0. The zero-order valence-corrected chi connectivity index (χ0v) is 16.0. The second kappa shape index (κ2) is 11.2. The smallest absolute Gasteiger partial charge is 0.251 e. The zero-order valence-electron chi connectivity index (χ0n) is 16.0. The molecule has 7 heteroatoms.